The highest BCUT2D eigenvalue weighted by molar-refractivity contribution is 5.76. The number of hydrogen-bond acceptors (Lipinski definition) is 4. The number of hydrogen-bond donors (Lipinski definition) is 2. The number of piperidine rings is 1. The van der Waals surface area contributed by atoms with Gasteiger partial charge in [-0.3, -0.25) is 4.79 Å². The zero-order valence-corrected chi connectivity index (χ0v) is 13.4. The van der Waals surface area contributed by atoms with Gasteiger partial charge >= 0.3 is 0 Å². The van der Waals surface area contributed by atoms with Crippen LogP contribution in [0.5, 0.6) is 0 Å². The maximum Gasteiger partial charge on any atom is 0.220 e. The molecule has 2 atom stereocenters. The Balaban J connectivity index is 1.69. The Hall–Kier alpha value is -1.36. The van der Waals surface area contributed by atoms with E-state index in [0.717, 1.165) is 36.5 Å². The lowest BCUT2D eigenvalue weighted by molar-refractivity contribution is -0.122. The molecule has 0 spiro atoms. The number of rotatable bonds is 6. The van der Waals surface area contributed by atoms with Crippen molar-refractivity contribution < 1.29 is 9.32 Å². The van der Waals surface area contributed by atoms with E-state index in [1.165, 1.54) is 12.8 Å². The van der Waals surface area contributed by atoms with Gasteiger partial charge < -0.3 is 15.2 Å². The molecule has 0 bridgehead atoms. The molecule has 0 aromatic carbocycles. The predicted molar refractivity (Wildman–Crippen MR) is 82.1 cm³/mol. The average Bonchev–Trinajstić information content (AvgIpc) is 2.80. The minimum atomic E-state index is 0.153. The van der Waals surface area contributed by atoms with Gasteiger partial charge in [-0.15, -0.1) is 0 Å². The molecule has 2 N–H and O–H groups in total. The summed E-state index contributed by atoms with van der Waals surface area (Å²) in [6.07, 6.45) is 3.86. The van der Waals surface area contributed by atoms with Crippen LogP contribution >= 0.6 is 0 Å². The van der Waals surface area contributed by atoms with Crippen molar-refractivity contribution in [3.05, 3.63) is 17.0 Å². The topological polar surface area (TPSA) is 67.2 Å². The van der Waals surface area contributed by atoms with Crippen LogP contribution in [0.2, 0.25) is 0 Å². The monoisotopic (exact) mass is 293 g/mol. The zero-order valence-electron chi connectivity index (χ0n) is 13.4. The van der Waals surface area contributed by atoms with Crippen molar-refractivity contribution >= 4 is 5.91 Å². The molecule has 0 aliphatic carbocycles. The van der Waals surface area contributed by atoms with E-state index < -0.39 is 0 Å². The first-order valence-corrected chi connectivity index (χ1v) is 7.97. The van der Waals surface area contributed by atoms with E-state index in [1.807, 2.05) is 13.8 Å². The first kappa shape index (κ1) is 16.0. The first-order chi connectivity index (χ1) is 10.1. The Morgan fingerprint density at radius 1 is 1.52 bits per heavy atom. The van der Waals surface area contributed by atoms with Crippen LogP contribution in [0.15, 0.2) is 4.52 Å². The normalized spacial score (nSPS) is 20.2. The number of amides is 1. The fourth-order valence-electron chi connectivity index (χ4n) is 3.08. The SMILES string of the molecule is Cc1noc(C)c1CCNC(=O)CC(C)C1CCCNC1. The second-order valence-electron chi connectivity index (χ2n) is 6.19. The molecule has 21 heavy (non-hydrogen) atoms. The molecule has 1 aliphatic heterocycles. The molecule has 1 aromatic heterocycles. The van der Waals surface area contributed by atoms with Gasteiger partial charge in [-0.1, -0.05) is 12.1 Å². The summed E-state index contributed by atoms with van der Waals surface area (Å²) in [6.45, 7) is 8.85. The summed E-state index contributed by atoms with van der Waals surface area (Å²) in [7, 11) is 0. The molecule has 0 radical (unpaired) electrons. The van der Waals surface area contributed by atoms with E-state index in [4.69, 9.17) is 4.52 Å². The Morgan fingerprint density at radius 3 is 2.95 bits per heavy atom. The molecular weight excluding hydrogens is 266 g/mol. The van der Waals surface area contributed by atoms with Crippen LogP contribution in [0.4, 0.5) is 0 Å². The Bertz CT molecular complexity index is 445. The lowest BCUT2D eigenvalue weighted by Gasteiger charge is -2.28. The number of aryl methyl sites for hydroxylation is 2. The molecule has 2 unspecified atom stereocenters. The van der Waals surface area contributed by atoms with Crippen molar-refractivity contribution in [2.24, 2.45) is 11.8 Å². The van der Waals surface area contributed by atoms with Crippen molar-refractivity contribution in [2.75, 3.05) is 19.6 Å². The van der Waals surface area contributed by atoms with Crippen LogP contribution < -0.4 is 10.6 Å². The van der Waals surface area contributed by atoms with E-state index in [-0.39, 0.29) is 5.91 Å². The molecule has 1 amide bonds. The van der Waals surface area contributed by atoms with Crippen LogP contribution in [-0.2, 0) is 11.2 Å². The fraction of sp³-hybridized carbons (Fsp3) is 0.750. The van der Waals surface area contributed by atoms with E-state index in [1.54, 1.807) is 0 Å². The molecule has 5 nitrogen and oxygen atoms in total. The van der Waals surface area contributed by atoms with Gasteiger partial charge in [0.25, 0.3) is 0 Å². The second kappa shape index (κ2) is 7.59. The van der Waals surface area contributed by atoms with Crippen molar-refractivity contribution in [1.29, 1.82) is 0 Å². The summed E-state index contributed by atoms with van der Waals surface area (Å²) in [5, 5.41) is 10.4. The molecule has 1 aromatic rings. The third kappa shape index (κ3) is 4.56. The van der Waals surface area contributed by atoms with Gasteiger partial charge in [0.1, 0.15) is 5.76 Å². The number of nitrogens with zero attached hydrogens (tertiary/aromatic N) is 1. The van der Waals surface area contributed by atoms with Gasteiger partial charge in [-0.25, -0.2) is 0 Å². The lowest BCUT2D eigenvalue weighted by atomic mass is 9.85. The molecule has 2 heterocycles. The molecule has 5 heteroatoms. The Labute approximate surface area is 126 Å². The number of aromatic nitrogens is 1. The predicted octanol–water partition coefficient (Wildman–Crippen LogP) is 1.98. The largest absolute Gasteiger partial charge is 0.361 e. The van der Waals surface area contributed by atoms with Crippen LogP contribution in [-0.4, -0.2) is 30.7 Å². The third-order valence-corrected chi connectivity index (χ3v) is 4.53. The summed E-state index contributed by atoms with van der Waals surface area (Å²) < 4.78 is 5.13. The van der Waals surface area contributed by atoms with Gasteiger partial charge in [-0.05, 0) is 58.0 Å². The second-order valence-corrected chi connectivity index (χ2v) is 6.19. The van der Waals surface area contributed by atoms with Crippen LogP contribution in [0.25, 0.3) is 0 Å². The zero-order chi connectivity index (χ0) is 15.2. The maximum absolute atomic E-state index is 12.0. The van der Waals surface area contributed by atoms with Gasteiger partial charge in [0.2, 0.25) is 5.91 Å². The van der Waals surface area contributed by atoms with Crippen LogP contribution in [0, 0.1) is 25.7 Å². The maximum atomic E-state index is 12.0. The minimum Gasteiger partial charge on any atom is -0.361 e. The molecule has 1 saturated heterocycles. The van der Waals surface area contributed by atoms with Crippen molar-refractivity contribution in [2.45, 2.75) is 46.5 Å². The van der Waals surface area contributed by atoms with Gasteiger partial charge in [-0.2, -0.15) is 0 Å². The highest BCUT2D eigenvalue weighted by Crippen LogP contribution is 2.22. The standard InChI is InChI=1S/C16H27N3O2/c1-11(14-5-4-7-17-10-14)9-16(20)18-8-6-15-12(2)19-21-13(15)3/h11,14,17H,4-10H2,1-3H3,(H,18,20). The van der Waals surface area contributed by atoms with Gasteiger partial charge in [0, 0.05) is 18.5 Å². The molecule has 1 aliphatic rings. The van der Waals surface area contributed by atoms with E-state index in [0.29, 0.717) is 24.8 Å². The fourth-order valence-corrected chi connectivity index (χ4v) is 3.08. The van der Waals surface area contributed by atoms with Crippen molar-refractivity contribution in [1.82, 2.24) is 15.8 Å². The Morgan fingerprint density at radius 2 is 2.33 bits per heavy atom. The molecular formula is C16H27N3O2. The molecule has 0 saturated carbocycles. The third-order valence-electron chi connectivity index (χ3n) is 4.53. The quantitative estimate of drug-likeness (QED) is 0.841. The average molecular weight is 293 g/mol. The summed E-state index contributed by atoms with van der Waals surface area (Å²) >= 11 is 0. The highest BCUT2D eigenvalue weighted by atomic mass is 16.5. The van der Waals surface area contributed by atoms with Crippen LogP contribution in [0.1, 0.15) is 43.2 Å². The van der Waals surface area contributed by atoms with Crippen LogP contribution in [0.3, 0.4) is 0 Å². The lowest BCUT2D eigenvalue weighted by Crippen LogP contribution is -2.36. The van der Waals surface area contributed by atoms with Crippen molar-refractivity contribution in [3.63, 3.8) is 0 Å². The number of nitrogens with one attached hydrogen (secondary N) is 2. The van der Waals surface area contributed by atoms with E-state index in [9.17, 15) is 4.79 Å². The van der Waals surface area contributed by atoms with E-state index in [2.05, 4.69) is 22.7 Å². The first-order valence-electron chi connectivity index (χ1n) is 7.97. The Kier molecular flexibility index (Phi) is 5.79. The smallest absolute Gasteiger partial charge is 0.220 e. The van der Waals surface area contributed by atoms with Gasteiger partial charge in [0.15, 0.2) is 0 Å². The molecule has 118 valence electrons. The summed E-state index contributed by atoms with van der Waals surface area (Å²) in [6, 6.07) is 0. The van der Waals surface area contributed by atoms with Gasteiger partial charge in [0.05, 0.1) is 5.69 Å². The summed E-state index contributed by atoms with van der Waals surface area (Å²) in [4.78, 5) is 12.0. The highest BCUT2D eigenvalue weighted by Gasteiger charge is 2.21. The summed E-state index contributed by atoms with van der Waals surface area (Å²) in [5.74, 6) is 2.08. The minimum absolute atomic E-state index is 0.153. The van der Waals surface area contributed by atoms with Crippen molar-refractivity contribution in [3.8, 4) is 0 Å². The molecule has 1 fully saturated rings. The molecule has 2 rings (SSSR count). The number of carbonyl (C=O) groups excluding carboxylic acids is 1. The number of carbonyl (C=O) groups is 1. The summed E-state index contributed by atoms with van der Waals surface area (Å²) in [5.41, 5.74) is 2.03. The van der Waals surface area contributed by atoms with E-state index >= 15 is 0 Å².